The van der Waals surface area contributed by atoms with Crippen molar-refractivity contribution in [2.45, 2.75) is 12.8 Å². The molecule has 2 aromatic rings. The van der Waals surface area contributed by atoms with Gasteiger partial charge in [-0.2, -0.15) is 0 Å². The fourth-order valence-corrected chi connectivity index (χ4v) is 1.87. The lowest BCUT2D eigenvalue weighted by Crippen LogP contribution is -2.00. The number of carbonyl (C=O) groups is 1. The first-order valence-corrected chi connectivity index (χ1v) is 5.83. The molecule has 4 heteroatoms. The largest absolute Gasteiger partial charge is 0.481 e. The molecule has 2 nitrogen and oxygen atoms in total. The molecule has 0 bridgehead atoms. The van der Waals surface area contributed by atoms with Gasteiger partial charge >= 0.3 is 5.97 Å². The van der Waals surface area contributed by atoms with Gasteiger partial charge < -0.3 is 5.11 Å². The lowest BCUT2D eigenvalue weighted by Gasteiger charge is -2.08. The van der Waals surface area contributed by atoms with Crippen LogP contribution in [0.4, 0.5) is 8.78 Å². The molecule has 0 aliphatic rings. The first kappa shape index (κ1) is 13.2. The van der Waals surface area contributed by atoms with Gasteiger partial charge in [-0.1, -0.05) is 30.3 Å². The SMILES string of the molecule is O=C(O)CCc1cc(F)c(F)c(-c2ccccc2)c1. The second-order valence-electron chi connectivity index (χ2n) is 4.20. The number of benzene rings is 2. The monoisotopic (exact) mass is 262 g/mol. The van der Waals surface area contributed by atoms with E-state index in [1.165, 1.54) is 6.07 Å². The molecule has 0 unspecified atom stereocenters. The first-order chi connectivity index (χ1) is 9.08. The fourth-order valence-electron chi connectivity index (χ4n) is 1.87. The first-order valence-electron chi connectivity index (χ1n) is 5.83. The van der Waals surface area contributed by atoms with E-state index in [1.807, 2.05) is 0 Å². The standard InChI is InChI=1S/C15H12F2O2/c16-13-9-10(6-7-14(18)19)8-12(15(13)17)11-4-2-1-3-5-11/h1-5,8-9H,6-7H2,(H,18,19). The summed E-state index contributed by atoms with van der Waals surface area (Å²) in [5.74, 6) is -2.84. The molecule has 0 aliphatic heterocycles. The number of hydrogen-bond donors (Lipinski definition) is 1. The van der Waals surface area contributed by atoms with E-state index in [1.54, 1.807) is 30.3 Å². The molecule has 0 heterocycles. The number of halogens is 2. The van der Waals surface area contributed by atoms with Crippen molar-refractivity contribution in [3.8, 4) is 11.1 Å². The Hall–Kier alpha value is -2.23. The summed E-state index contributed by atoms with van der Waals surface area (Å²) in [6.07, 6.45) is 0.0612. The summed E-state index contributed by atoms with van der Waals surface area (Å²) in [6, 6.07) is 11.2. The molecule has 0 fully saturated rings. The van der Waals surface area contributed by atoms with E-state index in [9.17, 15) is 13.6 Å². The third kappa shape index (κ3) is 3.16. The van der Waals surface area contributed by atoms with Gasteiger partial charge in [0.2, 0.25) is 0 Å². The van der Waals surface area contributed by atoms with Crippen molar-refractivity contribution in [1.82, 2.24) is 0 Å². The van der Waals surface area contributed by atoms with Crippen LogP contribution in [0.15, 0.2) is 42.5 Å². The predicted octanol–water partition coefficient (Wildman–Crippen LogP) is 3.65. The normalized spacial score (nSPS) is 10.4. The highest BCUT2D eigenvalue weighted by Crippen LogP contribution is 2.26. The van der Waals surface area contributed by atoms with Crippen molar-refractivity contribution >= 4 is 5.97 Å². The Morgan fingerprint density at radius 3 is 2.42 bits per heavy atom. The van der Waals surface area contributed by atoms with Crippen molar-refractivity contribution in [2.75, 3.05) is 0 Å². The molecular weight excluding hydrogens is 250 g/mol. The molecule has 0 aliphatic carbocycles. The van der Waals surface area contributed by atoms with Crippen LogP contribution in [0.5, 0.6) is 0 Å². The van der Waals surface area contributed by atoms with Gasteiger partial charge in [0.15, 0.2) is 11.6 Å². The molecule has 2 rings (SSSR count). The Labute approximate surface area is 109 Å². The fraction of sp³-hybridized carbons (Fsp3) is 0.133. The third-order valence-electron chi connectivity index (χ3n) is 2.80. The average molecular weight is 262 g/mol. The van der Waals surface area contributed by atoms with E-state index in [0.29, 0.717) is 11.1 Å². The zero-order valence-corrected chi connectivity index (χ0v) is 10.1. The van der Waals surface area contributed by atoms with Crippen LogP contribution in [0, 0.1) is 11.6 Å². The smallest absolute Gasteiger partial charge is 0.303 e. The molecule has 1 N–H and O–H groups in total. The molecule has 0 radical (unpaired) electrons. The Kier molecular flexibility index (Phi) is 3.90. The summed E-state index contributed by atoms with van der Waals surface area (Å²) in [5, 5.41) is 8.62. The zero-order chi connectivity index (χ0) is 13.8. The quantitative estimate of drug-likeness (QED) is 0.913. The summed E-state index contributed by atoms with van der Waals surface area (Å²) >= 11 is 0. The molecule has 2 aromatic carbocycles. The van der Waals surface area contributed by atoms with Crippen LogP contribution >= 0.6 is 0 Å². The van der Waals surface area contributed by atoms with Gasteiger partial charge in [0, 0.05) is 12.0 Å². The van der Waals surface area contributed by atoms with Crippen molar-refractivity contribution in [2.24, 2.45) is 0 Å². The minimum absolute atomic E-state index is 0.112. The number of carboxylic acids is 1. The van der Waals surface area contributed by atoms with E-state index in [4.69, 9.17) is 5.11 Å². The van der Waals surface area contributed by atoms with Crippen LogP contribution in [0.2, 0.25) is 0 Å². The summed E-state index contributed by atoms with van der Waals surface area (Å²) in [4.78, 5) is 10.5. The van der Waals surface area contributed by atoms with Crippen LogP contribution < -0.4 is 0 Å². The number of hydrogen-bond acceptors (Lipinski definition) is 1. The third-order valence-corrected chi connectivity index (χ3v) is 2.80. The lowest BCUT2D eigenvalue weighted by molar-refractivity contribution is -0.136. The van der Waals surface area contributed by atoms with Crippen LogP contribution in [0.25, 0.3) is 11.1 Å². The average Bonchev–Trinajstić information content (AvgIpc) is 2.41. The van der Waals surface area contributed by atoms with E-state index in [-0.39, 0.29) is 18.4 Å². The van der Waals surface area contributed by atoms with Gasteiger partial charge in [-0.15, -0.1) is 0 Å². The highest BCUT2D eigenvalue weighted by Gasteiger charge is 2.12. The van der Waals surface area contributed by atoms with E-state index < -0.39 is 17.6 Å². The van der Waals surface area contributed by atoms with Gasteiger partial charge in [-0.3, -0.25) is 4.79 Å². The topological polar surface area (TPSA) is 37.3 Å². The Morgan fingerprint density at radius 1 is 1.11 bits per heavy atom. The summed E-state index contributed by atoms with van der Waals surface area (Å²) in [6.45, 7) is 0. The molecule has 0 spiro atoms. The summed E-state index contributed by atoms with van der Waals surface area (Å²) in [7, 11) is 0. The van der Waals surface area contributed by atoms with Crippen LogP contribution in [-0.2, 0) is 11.2 Å². The van der Waals surface area contributed by atoms with Crippen molar-refractivity contribution in [3.05, 3.63) is 59.7 Å². The maximum absolute atomic E-state index is 13.8. The molecule has 19 heavy (non-hydrogen) atoms. The van der Waals surface area contributed by atoms with Crippen molar-refractivity contribution < 1.29 is 18.7 Å². The van der Waals surface area contributed by atoms with E-state index in [0.717, 1.165) is 6.07 Å². The molecule has 0 saturated carbocycles. The minimum atomic E-state index is -0.967. The molecule has 0 saturated heterocycles. The van der Waals surface area contributed by atoms with E-state index >= 15 is 0 Å². The Bertz CT molecular complexity index is 595. The lowest BCUT2D eigenvalue weighted by atomic mass is 10.00. The highest BCUT2D eigenvalue weighted by atomic mass is 19.2. The predicted molar refractivity (Wildman–Crippen MR) is 67.8 cm³/mol. The second-order valence-corrected chi connectivity index (χ2v) is 4.20. The van der Waals surface area contributed by atoms with Crippen LogP contribution in [0.3, 0.4) is 0 Å². The highest BCUT2D eigenvalue weighted by molar-refractivity contribution is 5.68. The molecule has 0 aromatic heterocycles. The number of rotatable bonds is 4. The second kappa shape index (κ2) is 5.61. The van der Waals surface area contributed by atoms with Gasteiger partial charge in [-0.05, 0) is 29.7 Å². The van der Waals surface area contributed by atoms with Crippen molar-refractivity contribution in [1.29, 1.82) is 0 Å². The Morgan fingerprint density at radius 2 is 1.79 bits per heavy atom. The maximum Gasteiger partial charge on any atom is 0.303 e. The maximum atomic E-state index is 13.8. The number of aliphatic carboxylic acids is 1. The molecular formula is C15H12F2O2. The molecule has 0 amide bonds. The van der Waals surface area contributed by atoms with Crippen LogP contribution in [-0.4, -0.2) is 11.1 Å². The molecule has 0 atom stereocenters. The molecule has 98 valence electrons. The Balaban J connectivity index is 2.40. The van der Waals surface area contributed by atoms with Gasteiger partial charge in [0.25, 0.3) is 0 Å². The van der Waals surface area contributed by atoms with Gasteiger partial charge in [0.1, 0.15) is 0 Å². The summed E-state index contributed by atoms with van der Waals surface area (Å²) < 4.78 is 27.3. The zero-order valence-electron chi connectivity index (χ0n) is 10.1. The van der Waals surface area contributed by atoms with Gasteiger partial charge in [-0.25, -0.2) is 8.78 Å². The number of aryl methyl sites for hydroxylation is 1. The number of carboxylic acid groups (broad SMARTS) is 1. The minimum Gasteiger partial charge on any atom is -0.481 e. The van der Waals surface area contributed by atoms with Crippen LogP contribution in [0.1, 0.15) is 12.0 Å². The summed E-state index contributed by atoms with van der Waals surface area (Å²) in [5.41, 5.74) is 1.19. The van der Waals surface area contributed by atoms with Gasteiger partial charge in [0.05, 0.1) is 0 Å². The van der Waals surface area contributed by atoms with E-state index in [2.05, 4.69) is 0 Å². The van der Waals surface area contributed by atoms with Crippen molar-refractivity contribution in [3.63, 3.8) is 0 Å².